The number of carbonyl (C=O) groups is 1. The van der Waals surface area contributed by atoms with Gasteiger partial charge in [-0.2, -0.15) is 0 Å². The Morgan fingerprint density at radius 1 is 1.00 bits per heavy atom. The molecule has 0 aliphatic carbocycles. The lowest BCUT2D eigenvalue weighted by Crippen LogP contribution is -2.17. The molecule has 4 rings (SSSR count). The first-order valence-electron chi connectivity index (χ1n) is 8.25. The van der Waals surface area contributed by atoms with E-state index in [4.69, 9.17) is 9.15 Å². The highest BCUT2D eigenvalue weighted by molar-refractivity contribution is 6.07. The Kier molecular flexibility index (Phi) is 4.19. The fraction of sp³-hybridized carbons (Fsp3) is 0.0952. The molecule has 5 nitrogen and oxygen atoms in total. The highest BCUT2D eigenvalue weighted by Crippen LogP contribution is 2.25. The zero-order valence-corrected chi connectivity index (χ0v) is 13.8. The number of nitrogens with zero attached hydrogens (tertiary/aromatic N) is 1. The van der Waals surface area contributed by atoms with E-state index in [1.165, 1.54) is 0 Å². The smallest absolute Gasteiger partial charge is 0.351 e. The summed E-state index contributed by atoms with van der Waals surface area (Å²) >= 11 is 0. The molecule has 2 aromatic carbocycles. The van der Waals surface area contributed by atoms with Gasteiger partial charge in [0, 0.05) is 23.7 Å². The predicted octanol–water partition coefficient (Wildman–Crippen LogP) is 3.74. The molecule has 0 aliphatic rings. The number of esters is 1. The van der Waals surface area contributed by atoms with Gasteiger partial charge in [-0.15, -0.1) is 0 Å². The third-order valence-electron chi connectivity index (χ3n) is 4.18. The molecule has 0 N–H and O–H groups in total. The van der Waals surface area contributed by atoms with E-state index in [2.05, 4.69) is 4.98 Å². The molecule has 4 aromatic rings. The van der Waals surface area contributed by atoms with Crippen LogP contribution in [0.25, 0.3) is 21.7 Å². The molecule has 0 unspecified atom stereocenters. The highest BCUT2D eigenvalue weighted by atomic mass is 16.5. The summed E-state index contributed by atoms with van der Waals surface area (Å²) in [6, 6.07) is 18.4. The lowest BCUT2D eigenvalue weighted by Gasteiger charge is -2.06. The van der Waals surface area contributed by atoms with Gasteiger partial charge in [-0.05, 0) is 35.0 Å². The Labute approximate surface area is 148 Å². The first-order chi connectivity index (χ1) is 12.7. The van der Waals surface area contributed by atoms with Crippen LogP contribution in [0, 0.1) is 0 Å². The lowest BCUT2D eigenvalue weighted by atomic mass is 10.0. The van der Waals surface area contributed by atoms with Crippen molar-refractivity contribution in [2.45, 2.75) is 6.42 Å². The molecular weight excluding hydrogens is 330 g/mol. The topological polar surface area (TPSA) is 69.4 Å². The molecule has 26 heavy (non-hydrogen) atoms. The normalized spacial score (nSPS) is 10.9. The van der Waals surface area contributed by atoms with Crippen LogP contribution >= 0.6 is 0 Å². The summed E-state index contributed by atoms with van der Waals surface area (Å²) < 4.78 is 10.6. The Morgan fingerprint density at radius 3 is 2.69 bits per heavy atom. The van der Waals surface area contributed by atoms with E-state index < -0.39 is 11.6 Å². The molecule has 0 fully saturated rings. The van der Waals surface area contributed by atoms with Crippen molar-refractivity contribution < 1.29 is 13.9 Å². The van der Waals surface area contributed by atoms with Crippen LogP contribution < -0.4 is 5.63 Å². The average molecular weight is 345 g/mol. The quantitative estimate of drug-likeness (QED) is 0.320. The maximum atomic E-state index is 12.3. The summed E-state index contributed by atoms with van der Waals surface area (Å²) in [7, 11) is 0. The average Bonchev–Trinajstić information content (AvgIpc) is 2.68. The first kappa shape index (κ1) is 16.0. The Morgan fingerprint density at radius 2 is 1.85 bits per heavy atom. The number of fused-ring (bicyclic) bond motifs is 3. The van der Waals surface area contributed by atoms with Gasteiger partial charge in [-0.1, -0.05) is 36.4 Å². The number of aromatic nitrogens is 1. The third-order valence-corrected chi connectivity index (χ3v) is 4.18. The monoisotopic (exact) mass is 345 g/mol. The van der Waals surface area contributed by atoms with Crippen molar-refractivity contribution in [1.29, 1.82) is 0 Å². The van der Waals surface area contributed by atoms with Crippen LogP contribution in [0.5, 0.6) is 0 Å². The van der Waals surface area contributed by atoms with Crippen molar-refractivity contribution in [1.82, 2.24) is 4.98 Å². The number of hydrogen-bond donors (Lipinski definition) is 0. The van der Waals surface area contributed by atoms with Crippen molar-refractivity contribution in [3.63, 3.8) is 0 Å². The van der Waals surface area contributed by atoms with Crippen LogP contribution in [-0.2, 0) is 11.2 Å². The zero-order chi connectivity index (χ0) is 17.9. The molecule has 0 radical (unpaired) electrons. The summed E-state index contributed by atoms with van der Waals surface area (Å²) in [5.74, 6) is -0.690. The minimum absolute atomic E-state index is 0.102. The number of benzene rings is 2. The van der Waals surface area contributed by atoms with Crippen LogP contribution in [0.2, 0.25) is 0 Å². The van der Waals surface area contributed by atoms with E-state index in [1.54, 1.807) is 18.3 Å². The van der Waals surface area contributed by atoms with Gasteiger partial charge in [0.2, 0.25) is 0 Å². The second-order valence-corrected chi connectivity index (χ2v) is 5.85. The molecule has 0 spiro atoms. The van der Waals surface area contributed by atoms with E-state index in [9.17, 15) is 9.59 Å². The van der Waals surface area contributed by atoms with Crippen molar-refractivity contribution in [3.05, 3.63) is 88.5 Å². The molecule has 0 bridgehead atoms. The SMILES string of the molecule is O=C(OCCc1ccccn1)c1cc2c(ccc3ccccc32)oc1=O. The van der Waals surface area contributed by atoms with E-state index in [0.717, 1.165) is 16.5 Å². The van der Waals surface area contributed by atoms with Crippen LogP contribution in [0.15, 0.2) is 76.1 Å². The predicted molar refractivity (Wildman–Crippen MR) is 98.2 cm³/mol. The number of carbonyl (C=O) groups excluding carboxylic acids is 1. The lowest BCUT2D eigenvalue weighted by molar-refractivity contribution is 0.0504. The van der Waals surface area contributed by atoms with Gasteiger partial charge in [0.15, 0.2) is 0 Å². The molecule has 0 saturated heterocycles. The number of hydrogen-bond acceptors (Lipinski definition) is 5. The fourth-order valence-corrected chi connectivity index (χ4v) is 2.89. The minimum Gasteiger partial charge on any atom is -0.461 e. The Hall–Kier alpha value is -3.47. The van der Waals surface area contributed by atoms with Crippen molar-refractivity contribution >= 4 is 27.7 Å². The highest BCUT2D eigenvalue weighted by Gasteiger charge is 2.16. The maximum absolute atomic E-state index is 12.3. The molecule has 0 atom stereocenters. The van der Waals surface area contributed by atoms with Gasteiger partial charge >= 0.3 is 11.6 Å². The number of rotatable bonds is 4. The fourth-order valence-electron chi connectivity index (χ4n) is 2.89. The van der Waals surface area contributed by atoms with Gasteiger partial charge in [0.25, 0.3) is 0 Å². The van der Waals surface area contributed by atoms with Gasteiger partial charge < -0.3 is 9.15 Å². The van der Waals surface area contributed by atoms with Gasteiger partial charge in [-0.25, -0.2) is 9.59 Å². The molecule has 128 valence electrons. The van der Waals surface area contributed by atoms with Crippen LogP contribution in [0.3, 0.4) is 0 Å². The first-order valence-corrected chi connectivity index (χ1v) is 8.25. The number of pyridine rings is 1. The van der Waals surface area contributed by atoms with Crippen LogP contribution in [0.4, 0.5) is 0 Å². The summed E-state index contributed by atoms with van der Waals surface area (Å²) in [6.45, 7) is 0.142. The zero-order valence-electron chi connectivity index (χ0n) is 13.8. The maximum Gasteiger partial charge on any atom is 0.351 e. The van der Waals surface area contributed by atoms with Gasteiger partial charge in [0.1, 0.15) is 11.1 Å². The standard InChI is InChI=1S/C21H15NO4/c23-20(25-12-10-15-6-3-4-11-22-15)18-13-17-16-7-2-1-5-14(16)8-9-19(17)26-21(18)24/h1-9,11,13H,10,12H2. The van der Waals surface area contributed by atoms with Crippen LogP contribution in [-0.4, -0.2) is 17.6 Å². The van der Waals surface area contributed by atoms with Gasteiger partial charge in [-0.3, -0.25) is 4.98 Å². The Bertz CT molecular complexity index is 1150. The summed E-state index contributed by atoms with van der Waals surface area (Å²) in [4.78, 5) is 28.7. The summed E-state index contributed by atoms with van der Waals surface area (Å²) in [5, 5.41) is 2.62. The molecule has 0 amide bonds. The van der Waals surface area contributed by atoms with Crippen LogP contribution in [0.1, 0.15) is 16.1 Å². The Balaban J connectivity index is 1.63. The van der Waals surface area contributed by atoms with Gasteiger partial charge in [0.05, 0.1) is 6.61 Å². The van der Waals surface area contributed by atoms with Crippen molar-refractivity contribution in [3.8, 4) is 0 Å². The molecule has 0 saturated carbocycles. The van der Waals surface area contributed by atoms with E-state index >= 15 is 0 Å². The number of ether oxygens (including phenoxy) is 1. The van der Waals surface area contributed by atoms with E-state index in [1.807, 2.05) is 48.5 Å². The minimum atomic E-state index is -0.699. The molecule has 5 heteroatoms. The largest absolute Gasteiger partial charge is 0.461 e. The third kappa shape index (κ3) is 3.07. The molecule has 2 aromatic heterocycles. The molecule has 0 aliphatic heterocycles. The molecule has 2 heterocycles. The summed E-state index contributed by atoms with van der Waals surface area (Å²) in [5.41, 5.74) is 0.459. The van der Waals surface area contributed by atoms with E-state index in [-0.39, 0.29) is 12.2 Å². The van der Waals surface area contributed by atoms with Crippen molar-refractivity contribution in [2.75, 3.05) is 6.61 Å². The summed E-state index contributed by atoms with van der Waals surface area (Å²) in [6.07, 6.45) is 2.16. The molecular formula is C21H15NO4. The van der Waals surface area contributed by atoms with E-state index in [0.29, 0.717) is 17.4 Å². The second-order valence-electron chi connectivity index (χ2n) is 5.85. The van der Waals surface area contributed by atoms with Crippen molar-refractivity contribution in [2.24, 2.45) is 0 Å². The second kappa shape index (κ2) is 6.80.